The number of hydrogen-bond donors (Lipinski definition) is 2. The normalized spacial score (nSPS) is 14.2. The van der Waals surface area contributed by atoms with Crippen LogP contribution in [-0.4, -0.2) is 38.6 Å². The Morgan fingerprint density at radius 1 is 1.18 bits per heavy atom. The number of aromatic nitrogens is 2. The van der Waals surface area contributed by atoms with E-state index in [1.807, 2.05) is 0 Å². The summed E-state index contributed by atoms with van der Waals surface area (Å²) in [4.78, 5) is 54.1. The summed E-state index contributed by atoms with van der Waals surface area (Å²) in [5, 5.41) is 11.9. The van der Waals surface area contributed by atoms with E-state index in [1.54, 1.807) is 6.92 Å². The van der Waals surface area contributed by atoms with Crippen LogP contribution in [-0.2, 0) is 16.1 Å². The molecule has 3 aromatic rings. The van der Waals surface area contributed by atoms with Gasteiger partial charge in [0.25, 0.3) is 5.56 Å². The number of carboxylic acid groups (broad SMARTS) is 1. The lowest BCUT2D eigenvalue weighted by atomic mass is 9.98. The number of ether oxygens (including phenoxy) is 1. The van der Waals surface area contributed by atoms with Gasteiger partial charge >= 0.3 is 11.9 Å². The molecule has 1 amide bonds. The highest BCUT2D eigenvalue weighted by atomic mass is 32.1. The molecule has 2 aromatic heterocycles. The molecule has 33 heavy (non-hydrogen) atoms. The molecule has 0 unspecified atom stereocenters. The van der Waals surface area contributed by atoms with Gasteiger partial charge in [0.05, 0.1) is 17.3 Å². The van der Waals surface area contributed by atoms with Crippen molar-refractivity contribution in [2.75, 3.05) is 5.32 Å². The fourth-order valence-corrected chi connectivity index (χ4v) is 4.93. The Bertz CT molecular complexity index is 1270. The molecule has 0 saturated heterocycles. The number of aromatic carboxylic acids is 1. The molecule has 2 N–H and O–H groups in total. The van der Waals surface area contributed by atoms with Crippen molar-refractivity contribution in [1.29, 1.82) is 0 Å². The number of fused-ring (bicyclic) bond motifs is 1. The first-order valence-electron chi connectivity index (χ1n) is 10.7. The number of benzene rings is 1. The monoisotopic (exact) mass is 469 g/mol. The summed E-state index contributed by atoms with van der Waals surface area (Å²) in [6.45, 7) is 1.41. The van der Waals surface area contributed by atoms with Crippen LogP contribution in [0, 0.1) is 6.92 Å². The Kier molecular flexibility index (Phi) is 6.55. The second-order valence-corrected chi connectivity index (χ2v) is 9.01. The van der Waals surface area contributed by atoms with Gasteiger partial charge in [0, 0.05) is 5.69 Å². The Morgan fingerprint density at radius 2 is 1.88 bits per heavy atom. The van der Waals surface area contributed by atoms with Gasteiger partial charge in [0.2, 0.25) is 5.91 Å². The number of carbonyl (C=O) groups excluding carboxylic acids is 2. The molecule has 0 atom stereocenters. The lowest BCUT2D eigenvalue weighted by Crippen LogP contribution is -2.28. The van der Waals surface area contributed by atoms with Gasteiger partial charge in [-0.15, -0.1) is 11.3 Å². The molecular formula is C23H23N3O6S. The first-order chi connectivity index (χ1) is 15.8. The Labute approximate surface area is 193 Å². The molecule has 4 rings (SSSR count). The first kappa shape index (κ1) is 22.7. The number of anilines is 1. The van der Waals surface area contributed by atoms with E-state index in [0.29, 0.717) is 26.3 Å². The van der Waals surface area contributed by atoms with Gasteiger partial charge in [-0.1, -0.05) is 6.42 Å². The van der Waals surface area contributed by atoms with Gasteiger partial charge in [-0.25, -0.2) is 14.6 Å². The molecule has 172 valence electrons. The topological polar surface area (TPSA) is 128 Å². The molecule has 9 nitrogen and oxygen atoms in total. The SMILES string of the molecule is Cc1c(C(=O)OC2CCCCC2)sc2ncn(CC(=O)Nc3ccc(C(=O)O)cc3)c(=O)c12. The fraction of sp³-hybridized carbons (Fsp3) is 0.348. The third-order valence-corrected chi connectivity index (χ3v) is 6.84. The minimum Gasteiger partial charge on any atom is -0.478 e. The van der Waals surface area contributed by atoms with Crippen LogP contribution >= 0.6 is 11.3 Å². The van der Waals surface area contributed by atoms with Gasteiger partial charge in [-0.3, -0.25) is 14.2 Å². The Morgan fingerprint density at radius 3 is 2.55 bits per heavy atom. The summed E-state index contributed by atoms with van der Waals surface area (Å²) in [7, 11) is 0. The van der Waals surface area contributed by atoms with Crippen molar-refractivity contribution in [1.82, 2.24) is 9.55 Å². The molecule has 0 spiro atoms. The summed E-state index contributed by atoms with van der Waals surface area (Å²) in [5.74, 6) is -1.96. The lowest BCUT2D eigenvalue weighted by Gasteiger charge is -2.21. The van der Waals surface area contributed by atoms with Crippen molar-refractivity contribution in [3.63, 3.8) is 0 Å². The van der Waals surface area contributed by atoms with Crippen molar-refractivity contribution < 1.29 is 24.2 Å². The summed E-state index contributed by atoms with van der Waals surface area (Å²) < 4.78 is 6.83. The predicted octanol–water partition coefficient (Wildman–Crippen LogP) is 3.59. The van der Waals surface area contributed by atoms with Crippen LogP contribution in [0.3, 0.4) is 0 Å². The van der Waals surface area contributed by atoms with Crippen molar-refractivity contribution in [2.24, 2.45) is 0 Å². The smallest absolute Gasteiger partial charge is 0.348 e. The average Bonchev–Trinajstić information content (AvgIpc) is 3.14. The number of aryl methyl sites for hydroxylation is 1. The van der Waals surface area contributed by atoms with Crippen molar-refractivity contribution in [2.45, 2.75) is 51.7 Å². The number of amides is 1. The summed E-state index contributed by atoms with van der Waals surface area (Å²) >= 11 is 1.12. The van der Waals surface area contributed by atoms with Crippen LogP contribution in [0.25, 0.3) is 10.2 Å². The predicted molar refractivity (Wildman–Crippen MR) is 123 cm³/mol. The standard InChI is InChI=1S/C23H23N3O6S/c1-13-18-20(33-19(13)23(31)32-16-5-3-2-4-6-16)24-12-26(21(18)28)11-17(27)25-15-9-7-14(8-10-15)22(29)30/h7-10,12,16H,2-6,11H2,1H3,(H,25,27)(H,29,30). The molecule has 1 aromatic carbocycles. The zero-order chi connectivity index (χ0) is 23.5. The van der Waals surface area contributed by atoms with Crippen molar-refractivity contribution in [3.8, 4) is 0 Å². The number of nitrogens with one attached hydrogen (secondary N) is 1. The van der Waals surface area contributed by atoms with E-state index in [-0.39, 0.29) is 18.2 Å². The van der Waals surface area contributed by atoms with Crippen LogP contribution in [0.1, 0.15) is 57.7 Å². The molecule has 0 bridgehead atoms. The quantitative estimate of drug-likeness (QED) is 0.528. The molecule has 1 fully saturated rings. The number of rotatable bonds is 6. The molecule has 2 heterocycles. The largest absolute Gasteiger partial charge is 0.478 e. The van der Waals surface area contributed by atoms with E-state index < -0.39 is 23.4 Å². The van der Waals surface area contributed by atoms with E-state index in [9.17, 15) is 19.2 Å². The molecule has 0 aliphatic heterocycles. The van der Waals surface area contributed by atoms with Crippen LogP contribution < -0.4 is 10.9 Å². The minimum atomic E-state index is -1.06. The van der Waals surface area contributed by atoms with Crippen molar-refractivity contribution >= 4 is 45.1 Å². The van der Waals surface area contributed by atoms with E-state index in [4.69, 9.17) is 9.84 Å². The van der Waals surface area contributed by atoms with Crippen molar-refractivity contribution in [3.05, 3.63) is 57.0 Å². The Balaban J connectivity index is 1.50. The lowest BCUT2D eigenvalue weighted by molar-refractivity contribution is -0.116. The molecule has 10 heteroatoms. The molecule has 1 saturated carbocycles. The van der Waals surface area contributed by atoms with Gasteiger partial charge < -0.3 is 15.2 Å². The van der Waals surface area contributed by atoms with Crippen LogP contribution in [0.2, 0.25) is 0 Å². The molecule has 1 aliphatic carbocycles. The highest BCUT2D eigenvalue weighted by Gasteiger charge is 2.24. The van der Waals surface area contributed by atoms with Gasteiger partial charge in [-0.2, -0.15) is 0 Å². The summed E-state index contributed by atoms with van der Waals surface area (Å²) in [5.41, 5.74) is 0.602. The second-order valence-electron chi connectivity index (χ2n) is 8.01. The second kappa shape index (κ2) is 9.53. The zero-order valence-corrected chi connectivity index (χ0v) is 18.8. The first-order valence-corrected chi connectivity index (χ1v) is 11.5. The zero-order valence-electron chi connectivity index (χ0n) is 18.0. The Hall–Kier alpha value is -3.53. The summed E-state index contributed by atoms with van der Waals surface area (Å²) in [6.07, 6.45) is 6.14. The van der Waals surface area contributed by atoms with E-state index in [2.05, 4.69) is 10.3 Å². The molecular weight excluding hydrogens is 446 g/mol. The maximum atomic E-state index is 13.0. The number of carbonyl (C=O) groups is 3. The molecule has 0 radical (unpaired) electrons. The number of esters is 1. The average molecular weight is 470 g/mol. The van der Waals surface area contributed by atoms with Gasteiger partial charge in [-0.05, 0) is 62.4 Å². The number of nitrogens with zero attached hydrogens (tertiary/aromatic N) is 2. The van der Waals surface area contributed by atoms with E-state index in [1.165, 1.54) is 35.2 Å². The van der Waals surface area contributed by atoms with Gasteiger partial charge in [0.1, 0.15) is 22.4 Å². The number of hydrogen-bond acceptors (Lipinski definition) is 7. The van der Waals surface area contributed by atoms with Crippen LogP contribution in [0.5, 0.6) is 0 Å². The highest BCUT2D eigenvalue weighted by Crippen LogP contribution is 2.29. The molecule has 1 aliphatic rings. The maximum Gasteiger partial charge on any atom is 0.348 e. The van der Waals surface area contributed by atoms with Gasteiger partial charge in [0.15, 0.2) is 0 Å². The summed E-state index contributed by atoms with van der Waals surface area (Å²) in [6, 6.07) is 5.69. The highest BCUT2D eigenvalue weighted by molar-refractivity contribution is 7.20. The number of carboxylic acids is 1. The van der Waals surface area contributed by atoms with Crippen LogP contribution in [0.4, 0.5) is 5.69 Å². The van der Waals surface area contributed by atoms with Crippen LogP contribution in [0.15, 0.2) is 35.4 Å². The van der Waals surface area contributed by atoms with E-state index in [0.717, 1.165) is 43.4 Å². The third kappa shape index (κ3) is 4.95. The number of thiophene rings is 1. The third-order valence-electron chi connectivity index (χ3n) is 5.66. The minimum absolute atomic E-state index is 0.0891. The maximum absolute atomic E-state index is 13.0. The van der Waals surface area contributed by atoms with E-state index >= 15 is 0 Å². The fourth-order valence-electron chi connectivity index (χ4n) is 3.91.